The zero-order chi connectivity index (χ0) is 14.1. The highest BCUT2D eigenvalue weighted by molar-refractivity contribution is 6.35. The van der Waals surface area contributed by atoms with E-state index in [0.717, 1.165) is 0 Å². The van der Waals surface area contributed by atoms with E-state index in [9.17, 15) is 4.39 Å². The first-order valence-corrected chi connectivity index (χ1v) is 6.85. The Hall–Kier alpha value is -1.37. The molecule has 0 saturated heterocycles. The van der Waals surface area contributed by atoms with Gasteiger partial charge in [-0.15, -0.1) is 5.10 Å². The van der Waals surface area contributed by atoms with E-state index in [2.05, 4.69) is 20.8 Å². The minimum atomic E-state index is -0.654. The maximum Gasteiger partial charge on any atom is 0.320 e. The summed E-state index contributed by atoms with van der Waals surface area (Å²) in [6.07, 6.45) is 2.37. The van der Waals surface area contributed by atoms with Gasteiger partial charge in [0.2, 0.25) is 5.89 Å². The first kappa shape index (κ1) is 13.6. The van der Waals surface area contributed by atoms with Crippen molar-refractivity contribution in [3.63, 3.8) is 0 Å². The Morgan fingerprint density at radius 3 is 2.60 bits per heavy atom. The molecule has 3 rings (SSSR count). The second-order valence-electron chi connectivity index (χ2n) is 4.54. The number of nitrogens with zero attached hydrogens (tertiary/aromatic N) is 2. The number of rotatable bonds is 5. The molecule has 0 aliphatic heterocycles. The highest BCUT2D eigenvalue weighted by Crippen LogP contribution is 2.28. The first-order chi connectivity index (χ1) is 9.61. The van der Waals surface area contributed by atoms with Crippen LogP contribution in [0.15, 0.2) is 16.5 Å². The molecule has 1 saturated carbocycles. The Morgan fingerprint density at radius 2 is 1.95 bits per heavy atom. The van der Waals surface area contributed by atoms with Gasteiger partial charge < -0.3 is 15.1 Å². The van der Waals surface area contributed by atoms with Crippen molar-refractivity contribution in [1.82, 2.24) is 15.5 Å². The summed E-state index contributed by atoms with van der Waals surface area (Å²) >= 11 is 11.4. The first-order valence-electron chi connectivity index (χ1n) is 6.09. The van der Waals surface area contributed by atoms with E-state index >= 15 is 0 Å². The van der Waals surface area contributed by atoms with Gasteiger partial charge in [-0.1, -0.05) is 28.3 Å². The molecule has 1 fully saturated rings. The molecular formula is C12H11Cl2FN4O. The van der Waals surface area contributed by atoms with Gasteiger partial charge >= 0.3 is 6.01 Å². The molecule has 1 heterocycles. The molecule has 1 aliphatic carbocycles. The Labute approximate surface area is 124 Å². The summed E-state index contributed by atoms with van der Waals surface area (Å²) in [6, 6.07) is 3.56. The highest BCUT2D eigenvalue weighted by Gasteiger charge is 2.21. The quantitative estimate of drug-likeness (QED) is 0.826. The standard InChI is InChI=1S/C12H11Cl2FN4O/c13-8-3-7(4-9(14)11(8)15)17-12-19-18-10(20-12)5-16-6-1-2-6/h3-4,6,16H,1-2,5H2,(H,17,19). The minimum absolute atomic E-state index is 0.0739. The fraction of sp³-hybridized carbons (Fsp3) is 0.333. The molecule has 0 bridgehead atoms. The van der Waals surface area contributed by atoms with Gasteiger partial charge in [0.1, 0.15) is 0 Å². The van der Waals surface area contributed by atoms with Crippen molar-refractivity contribution < 1.29 is 8.81 Å². The zero-order valence-corrected chi connectivity index (χ0v) is 11.8. The van der Waals surface area contributed by atoms with Gasteiger partial charge in [0, 0.05) is 11.7 Å². The lowest BCUT2D eigenvalue weighted by Gasteiger charge is -2.04. The summed E-state index contributed by atoms with van der Waals surface area (Å²) in [7, 11) is 0. The summed E-state index contributed by atoms with van der Waals surface area (Å²) in [5.74, 6) is -0.169. The van der Waals surface area contributed by atoms with Crippen LogP contribution in [0.3, 0.4) is 0 Å². The van der Waals surface area contributed by atoms with Gasteiger partial charge in [0.05, 0.1) is 16.6 Å². The molecule has 106 valence electrons. The fourth-order valence-corrected chi connectivity index (χ4v) is 2.13. The Bertz CT molecular complexity index is 607. The monoisotopic (exact) mass is 316 g/mol. The molecule has 8 heteroatoms. The Morgan fingerprint density at radius 1 is 1.25 bits per heavy atom. The molecule has 0 unspecified atom stereocenters. The Kier molecular flexibility index (Phi) is 3.78. The maximum atomic E-state index is 13.3. The van der Waals surface area contributed by atoms with Crippen molar-refractivity contribution in [1.29, 1.82) is 0 Å². The second-order valence-corrected chi connectivity index (χ2v) is 5.35. The number of nitrogens with one attached hydrogen (secondary N) is 2. The summed E-state index contributed by atoms with van der Waals surface area (Å²) in [4.78, 5) is 0. The summed E-state index contributed by atoms with van der Waals surface area (Å²) in [5, 5.41) is 13.7. The molecule has 1 aromatic heterocycles. The van der Waals surface area contributed by atoms with Crippen LogP contribution in [0.25, 0.3) is 0 Å². The molecule has 20 heavy (non-hydrogen) atoms. The third-order valence-corrected chi connectivity index (χ3v) is 3.37. The predicted octanol–water partition coefficient (Wildman–Crippen LogP) is 3.51. The fourth-order valence-electron chi connectivity index (χ4n) is 1.65. The van der Waals surface area contributed by atoms with E-state index in [4.69, 9.17) is 27.6 Å². The van der Waals surface area contributed by atoms with Gasteiger partial charge in [-0.25, -0.2) is 4.39 Å². The number of benzene rings is 1. The van der Waals surface area contributed by atoms with Crippen molar-refractivity contribution >= 4 is 34.9 Å². The van der Waals surface area contributed by atoms with Crippen LogP contribution in [0.1, 0.15) is 18.7 Å². The molecule has 1 aromatic carbocycles. The lowest BCUT2D eigenvalue weighted by molar-refractivity contribution is 0.478. The van der Waals surface area contributed by atoms with Gasteiger partial charge in [-0.05, 0) is 25.0 Å². The smallest absolute Gasteiger partial charge is 0.320 e. The van der Waals surface area contributed by atoms with E-state index in [1.165, 1.54) is 25.0 Å². The molecule has 0 amide bonds. The third-order valence-electron chi connectivity index (χ3n) is 2.82. The normalized spacial score (nSPS) is 14.6. The van der Waals surface area contributed by atoms with Crippen molar-refractivity contribution in [2.75, 3.05) is 5.32 Å². The third kappa shape index (κ3) is 3.20. The van der Waals surface area contributed by atoms with E-state index in [1.54, 1.807) is 0 Å². The van der Waals surface area contributed by atoms with E-state index in [0.29, 0.717) is 24.2 Å². The number of hydrogen-bond donors (Lipinski definition) is 2. The number of hydrogen-bond acceptors (Lipinski definition) is 5. The topological polar surface area (TPSA) is 63.0 Å². The van der Waals surface area contributed by atoms with E-state index < -0.39 is 5.82 Å². The van der Waals surface area contributed by atoms with Crippen LogP contribution in [0.5, 0.6) is 0 Å². The van der Waals surface area contributed by atoms with Crippen LogP contribution in [0, 0.1) is 5.82 Å². The van der Waals surface area contributed by atoms with Gasteiger partial charge in [-0.2, -0.15) is 0 Å². The van der Waals surface area contributed by atoms with Gasteiger partial charge in [0.15, 0.2) is 5.82 Å². The predicted molar refractivity (Wildman–Crippen MR) is 73.9 cm³/mol. The van der Waals surface area contributed by atoms with E-state index in [1.807, 2.05) is 0 Å². The molecule has 0 radical (unpaired) electrons. The lowest BCUT2D eigenvalue weighted by Crippen LogP contribution is -2.15. The summed E-state index contributed by atoms with van der Waals surface area (Å²) < 4.78 is 18.7. The maximum absolute atomic E-state index is 13.3. The van der Waals surface area contributed by atoms with Crippen LogP contribution in [0.2, 0.25) is 10.0 Å². The molecule has 2 aromatic rings. The SMILES string of the molecule is Fc1c(Cl)cc(Nc2nnc(CNC3CC3)o2)cc1Cl. The Balaban J connectivity index is 1.67. The molecule has 5 nitrogen and oxygen atoms in total. The summed E-state index contributed by atoms with van der Waals surface area (Å²) in [6.45, 7) is 0.532. The average molecular weight is 317 g/mol. The lowest BCUT2D eigenvalue weighted by atomic mass is 10.3. The van der Waals surface area contributed by atoms with Crippen LogP contribution in [0.4, 0.5) is 16.1 Å². The second kappa shape index (κ2) is 5.55. The molecule has 1 aliphatic rings. The molecule has 0 atom stereocenters. The number of anilines is 2. The molecular weight excluding hydrogens is 306 g/mol. The number of halogens is 3. The summed E-state index contributed by atoms with van der Waals surface area (Å²) in [5.41, 5.74) is 0.478. The van der Waals surface area contributed by atoms with Crippen LogP contribution < -0.4 is 10.6 Å². The van der Waals surface area contributed by atoms with Crippen LogP contribution >= 0.6 is 23.2 Å². The van der Waals surface area contributed by atoms with Crippen molar-refractivity contribution in [2.45, 2.75) is 25.4 Å². The molecule has 0 spiro atoms. The minimum Gasteiger partial charge on any atom is -0.406 e. The zero-order valence-electron chi connectivity index (χ0n) is 10.3. The van der Waals surface area contributed by atoms with Crippen molar-refractivity contribution in [3.05, 3.63) is 33.9 Å². The number of aromatic nitrogens is 2. The largest absolute Gasteiger partial charge is 0.406 e. The van der Waals surface area contributed by atoms with Crippen molar-refractivity contribution in [3.8, 4) is 0 Å². The van der Waals surface area contributed by atoms with Crippen LogP contribution in [-0.4, -0.2) is 16.2 Å². The van der Waals surface area contributed by atoms with Crippen LogP contribution in [-0.2, 0) is 6.54 Å². The van der Waals surface area contributed by atoms with Gasteiger partial charge in [0.25, 0.3) is 0 Å². The van der Waals surface area contributed by atoms with Gasteiger partial charge in [-0.3, -0.25) is 0 Å². The highest BCUT2D eigenvalue weighted by atomic mass is 35.5. The van der Waals surface area contributed by atoms with Crippen molar-refractivity contribution in [2.24, 2.45) is 0 Å². The molecule has 2 N–H and O–H groups in total. The average Bonchev–Trinajstić information content (AvgIpc) is 3.14. The van der Waals surface area contributed by atoms with E-state index in [-0.39, 0.29) is 16.1 Å².